The molecule has 1 unspecified atom stereocenters. The molecule has 4 heteroatoms. The Kier molecular flexibility index (Phi) is 9.23. The van der Waals surface area contributed by atoms with E-state index in [1.165, 1.54) is 69.2 Å². The third-order valence-electron chi connectivity index (χ3n) is 6.93. The maximum Gasteiger partial charge on any atom is 0.115 e. The molecule has 2 aliphatic rings. The molecule has 1 atom stereocenters. The van der Waals surface area contributed by atoms with Crippen LogP contribution in [0.2, 0.25) is 0 Å². The minimum atomic E-state index is 0. The Balaban J connectivity index is 0.00000256. The first kappa shape index (κ1) is 23.3. The van der Waals surface area contributed by atoms with Crippen molar-refractivity contribution < 1.29 is 5.11 Å². The number of halogens is 1. The van der Waals surface area contributed by atoms with E-state index < -0.39 is 0 Å². The van der Waals surface area contributed by atoms with Gasteiger partial charge in [0.2, 0.25) is 0 Å². The Hall–Kier alpha value is -1.36. The number of aromatic hydroxyl groups is 1. The average Bonchev–Trinajstić information content (AvgIpc) is 2.74. The molecule has 0 amide bonds. The topological polar surface area (TPSA) is 26.7 Å². The van der Waals surface area contributed by atoms with Gasteiger partial charge < -0.3 is 5.11 Å². The van der Waals surface area contributed by atoms with Crippen LogP contribution in [0.15, 0.2) is 54.6 Å². The molecule has 1 saturated heterocycles. The third kappa shape index (κ3) is 6.32. The zero-order valence-corrected chi connectivity index (χ0v) is 19.8. The summed E-state index contributed by atoms with van der Waals surface area (Å²) in [4.78, 5) is 5.46. The first-order chi connectivity index (χ1) is 14.3. The van der Waals surface area contributed by atoms with Gasteiger partial charge in [-0.1, -0.05) is 74.6 Å². The molecule has 1 aliphatic heterocycles. The summed E-state index contributed by atoms with van der Waals surface area (Å²) in [5.41, 5.74) is 2.69. The third-order valence-corrected chi connectivity index (χ3v) is 6.93. The van der Waals surface area contributed by atoms with Crippen molar-refractivity contribution in [1.29, 1.82) is 0 Å². The van der Waals surface area contributed by atoms with Gasteiger partial charge in [-0.25, -0.2) is 0 Å². The smallest absolute Gasteiger partial charge is 0.115 e. The van der Waals surface area contributed by atoms with Crippen LogP contribution in [0, 0.1) is 0 Å². The quantitative estimate of drug-likeness (QED) is 0.579. The lowest BCUT2D eigenvalue weighted by atomic mass is 9.94. The highest BCUT2D eigenvalue weighted by Gasteiger charge is 2.28. The molecule has 164 valence electrons. The van der Waals surface area contributed by atoms with Gasteiger partial charge in [-0.3, -0.25) is 9.80 Å². The van der Waals surface area contributed by atoms with Gasteiger partial charge in [0.15, 0.2) is 0 Å². The van der Waals surface area contributed by atoms with Gasteiger partial charge in [-0.15, -0.1) is 17.0 Å². The molecule has 3 nitrogen and oxygen atoms in total. The number of nitrogens with zero attached hydrogens (tertiary/aromatic N) is 2. The van der Waals surface area contributed by atoms with Crippen molar-refractivity contribution >= 4 is 17.0 Å². The van der Waals surface area contributed by atoms with E-state index in [1.54, 1.807) is 0 Å². The molecule has 2 fully saturated rings. The maximum atomic E-state index is 9.63. The minimum absolute atomic E-state index is 0. The number of piperazine rings is 1. The van der Waals surface area contributed by atoms with E-state index in [-0.39, 0.29) is 17.0 Å². The molecule has 2 aromatic carbocycles. The number of rotatable bonds is 5. The minimum Gasteiger partial charge on any atom is -0.508 e. The molecule has 1 heterocycles. The average molecular weight is 473 g/mol. The Morgan fingerprint density at radius 2 is 1.37 bits per heavy atom. The molecule has 1 aliphatic carbocycles. The molecule has 0 spiro atoms. The number of benzene rings is 2. The van der Waals surface area contributed by atoms with E-state index in [0.29, 0.717) is 11.8 Å². The molecular formula is C26H37BrN2O. The Bertz CT molecular complexity index is 720. The van der Waals surface area contributed by atoms with Crippen LogP contribution in [0.25, 0.3) is 0 Å². The zero-order chi connectivity index (χ0) is 19.9. The van der Waals surface area contributed by atoms with Crippen LogP contribution in [-0.4, -0.2) is 47.1 Å². The summed E-state index contributed by atoms with van der Waals surface area (Å²) in [6.07, 6.45) is 10.9. The van der Waals surface area contributed by atoms with Crippen LogP contribution in [0.1, 0.15) is 62.1 Å². The lowest BCUT2D eigenvalue weighted by Crippen LogP contribution is -2.51. The van der Waals surface area contributed by atoms with Crippen molar-refractivity contribution in [2.45, 2.75) is 63.5 Å². The van der Waals surface area contributed by atoms with Crippen LogP contribution in [0.3, 0.4) is 0 Å². The highest BCUT2D eigenvalue weighted by Crippen LogP contribution is 2.29. The summed E-state index contributed by atoms with van der Waals surface area (Å²) >= 11 is 0. The van der Waals surface area contributed by atoms with E-state index in [4.69, 9.17) is 0 Å². The molecule has 1 saturated carbocycles. The number of phenolic OH excluding ortho intramolecular Hbond substituents is 1. The highest BCUT2D eigenvalue weighted by molar-refractivity contribution is 8.93. The Morgan fingerprint density at radius 3 is 2.00 bits per heavy atom. The lowest BCUT2D eigenvalue weighted by Gasteiger charge is -2.43. The standard InChI is InChI=1S/C26H36N2O.BrH/c29-25-15-13-22(14-16-25)21-26(23-9-5-4-6-10-23)28-19-17-27(18-20-28)24-11-7-2-1-3-8-12-24;/h4-6,9-10,13-16,24,26,29H,1-3,7-8,11-12,17-21H2;1H. The van der Waals surface area contributed by atoms with Crippen molar-refractivity contribution in [3.05, 3.63) is 65.7 Å². The predicted molar refractivity (Wildman–Crippen MR) is 131 cm³/mol. The summed E-state index contributed by atoms with van der Waals surface area (Å²) in [6.45, 7) is 4.69. The number of hydrogen-bond acceptors (Lipinski definition) is 3. The van der Waals surface area contributed by atoms with Gasteiger partial charge in [0.25, 0.3) is 0 Å². The predicted octanol–water partition coefficient (Wildman–Crippen LogP) is 5.98. The Morgan fingerprint density at radius 1 is 0.767 bits per heavy atom. The van der Waals surface area contributed by atoms with Crippen LogP contribution in [0.5, 0.6) is 5.75 Å². The molecule has 0 bridgehead atoms. The summed E-state index contributed by atoms with van der Waals surface area (Å²) in [6, 6.07) is 19.9. The molecule has 0 radical (unpaired) electrons. The van der Waals surface area contributed by atoms with Crippen molar-refractivity contribution in [2.75, 3.05) is 26.2 Å². The zero-order valence-electron chi connectivity index (χ0n) is 18.1. The van der Waals surface area contributed by atoms with Gasteiger partial charge in [0.05, 0.1) is 0 Å². The summed E-state index contributed by atoms with van der Waals surface area (Å²) in [5, 5.41) is 9.63. The summed E-state index contributed by atoms with van der Waals surface area (Å²) < 4.78 is 0. The molecule has 1 N–H and O–H groups in total. The normalized spacial score (nSPS) is 20.7. The fourth-order valence-electron chi connectivity index (χ4n) is 5.20. The second-order valence-corrected chi connectivity index (χ2v) is 8.87. The number of hydrogen-bond donors (Lipinski definition) is 1. The monoisotopic (exact) mass is 472 g/mol. The highest BCUT2D eigenvalue weighted by atomic mass is 79.9. The summed E-state index contributed by atoms with van der Waals surface area (Å²) in [5.74, 6) is 0.345. The maximum absolute atomic E-state index is 9.63. The van der Waals surface area contributed by atoms with Crippen molar-refractivity contribution in [2.24, 2.45) is 0 Å². The fourth-order valence-corrected chi connectivity index (χ4v) is 5.20. The SMILES string of the molecule is Br.Oc1ccc(CC(c2ccccc2)N2CCN(C3CCCCCCC3)CC2)cc1. The van der Waals surface area contributed by atoms with E-state index in [0.717, 1.165) is 25.6 Å². The second-order valence-electron chi connectivity index (χ2n) is 8.87. The van der Waals surface area contributed by atoms with Gasteiger partial charge in [-0.2, -0.15) is 0 Å². The van der Waals surface area contributed by atoms with E-state index in [2.05, 4.69) is 52.3 Å². The molecule has 4 rings (SSSR count). The van der Waals surface area contributed by atoms with Gasteiger partial charge >= 0.3 is 0 Å². The van der Waals surface area contributed by atoms with E-state index in [9.17, 15) is 5.11 Å². The largest absolute Gasteiger partial charge is 0.508 e. The first-order valence-electron chi connectivity index (χ1n) is 11.6. The van der Waals surface area contributed by atoms with Crippen molar-refractivity contribution in [1.82, 2.24) is 9.80 Å². The molecular weight excluding hydrogens is 436 g/mol. The van der Waals surface area contributed by atoms with Crippen LogP contribution in [-0.2, 0) is 6.42 Å². The van der Waals surface area contributed by atoms with Crippen molar-refractivity contribution in [3.63, 3.8) is 0 Å². The van der Waals surface area contributed by atoms with Crippen LogP contribution < -0.4 is 0 Å². The van der Waals surface area contributed by atoms with Gasteiger partial charge in [-0.05, 0) is 42.5 Å². The van der Waals surface area contributed by atoms with Crippen LogP contribution in [0.4, 0.5) is 0 Å². The Labute approximate surface area is 192 Å². The van der Waals surface area contributed by atoms with Crippen LogP contribution >= 0.6 is 17.0 Å². The fraction of sp³-hybridized carbons (Fsp3) is 0.538. The molecule has 2 aromatic rings. The lowest BCUT2D eigenvalue weighted by molar-refractivity contribution is 0.0595. The second kappa shape index (κ2) is 11.9. The van der Waals surface area contributed by atoms with Gasteiger partial charge in [0.1, 0.15) is 5.75 Å². The molecule has 30 heavy (non-hydrogen) atoms. The molecule has 0 aromatic heterocycles. The first-order valence-corrected chi connectivity index (χ1v) is 11.6. The van der Waals surface area contributed by atoms with E-state index in [1.807, 2.05) is 12.1 Å². The van der Waals surface area contributed by atoms with Crippen molar-refractivity contribution in [3.8, 4) is 5.75 Å². The van der Waals surface area contributed by atoms with Gasteiger partial charge in [0, 0.05) is 38.3 Å². The van der Waals surface area contributed by atoms with E-state index >= 15 is 0 Å². The summed E-state index contributed by atoms with van der Waals surface area (Å²) in [7, 11) is 0. The number of phenols is 1.